The summed E-state index contributed by atoms with van der Waals surface area (Å²) in [6.45, 7) is 6.58. The molecule has 1 heterocycles. The fourth-order valence-electron chi connectivity index (χ4n) is 0.628. The molecule has 1 atom stereocenters. The van der Waals surface area contributed by atoms with Gasteiger partial charge in [0.1, 0.15) is 12.7 Å². The Morgan fingerprint density at radius 3 is 2.83 bits per heavy atom. The van der Waals surface area contributed by atoms with Crippen LogP contribution in [0.5, 0.6) is 0 Å². The third-order valence-electron chi connectivity index (χ3n) is 1.35. The van der Waals surface area contributed by atoms with E-state index in [-0.39, 0.29) is 11.9 Å². The number of carbonyl (C=O) groups is 1. The Morgan fingerprint density at radius 1 is 1.67 bits per heavy atom. The molecular weight excluding hydrogens is 160 g/mol. The second-order valence-electron chi connectivity index (χ2n) is 2.41. The van der Waals surface area contributed by atoms with E-state index in [9.17, 15) is 4.79 Å². The number of hydrogen-bond acceptors (Lipinski definition) is 4. The van der Waals surface area contributed by atoms with Gasteiger partial charge in [0.25, 0.3) is 0 Å². The zero-order chi connectivity index (χ0) is 8.97. The van der Waals surface area contributed by atoms with Crippen molar-refractivity contribution in [3.63, 3.8) is 0 Å². The van der Waals surface area contributed by atoms with Crippen molar-refractivity contribution in [3.05, 3.63) is 12.3 Å². The number of carbonyl (C=O) groups excluding carboxylic acids is 1. The molecule has 12 heavy (non-hydrogen) atoms. The predicted molar refractivity (Wildman–Crippen MR) is 41.5 cm³/mol. The Bertz CT molecular complexity index is 183. The fraction of sp³-hybridized carbons (Fsp3) is 0.625. The molecule has 0 bridgehead atoms. The Labute approximate surface area is 71.1 Å². The van der Waals surface area contributed by atoms with Crippen LogP contribution in [0.3, 0.4) is 0 Å². The molecule has 68 valence electrons. The number of esters is 1. The Balaban J connectivity index is 2.12. The quantitative estimate of drug-likeness (QED) is 0.262. The van der Waals surface area contributed by atoms with E-state index < -0.39 is 5.97 Å². The monoisotopic (exact) mass is 172 g/mol. The molecule has 1 unspecified atom stereocenters. The lowest BCUT2D eigenvalue weighted by Crippen LogP contribution is -2.11. The molecule has 0 aliphatic carbocycles. The summed E-state index contributed by atoms with van der Waals surface area (Å²) in [5.41, 5.74) is 0. The molecule has 4 nitrogen and oxygen atoms in total. The van der Waals surface area contributed by atoms with Crippen LogP contribution in [-0.2, 0) is 19.0 Å². The molecule has 0 amide bonds. The molecule has 1 rings (SSSR count). The van der Waals surface area contributed by atoms with Crippen LogP contribution in [0.4, 0.5) is 0 Å². The minimum atomic E-state index is -0.502. The van der Waals surface area contributed by atoms with Crippen LogP contribution in [0.15, 0.2) is 12.3 Å². The van der Waals surface area contributed by atoms with Gasteiger partial charge in [-0.2, -0.15) is 0 Å². The van der Waals surface area contributed by atoms with Gasteiger partial charge >= 0.3 is 5.97 Å². The van der Waals surface area contributed by atoms with E-state index in [1.165, 1.54) is 0 Å². The molecular formula is C8H12O4. The lowest BCUT2D eigenvalue weighted by atomic mass is 10.5. The summed E-state index contributed by atoms with van der Waals surface area (Å²) in [7, 11) is 0. The van der Waals surface area contributed by atoms with Crippen molar-refractivity contribution in [1.82, 2.24) is 0 Å². The van der Waals surface area contributed by atoms with Gasteiger partial charge in [0.2, 0.25) is 0 Å². The fourth-order valence-corrected chi connectivity index (χ4v) is 0.628. The standard InChI is InChI=1S/C8H12O4/c1-3-10-8(9)6(2)11-4-7-5-12-7/h7H,2-5H2,1H3. The number of epoxide rings is 1. The van der Waals surface area contributed by atoms with Gasteiger partial charge in [-0.15, -0.1) is 0 Å². The normalized spacial score (nSPS) is 19.9. The molecule has 0 aromatic rings. The molecule has 0 aromatic carbocycles. The van der Waals surface area contributed by atoms with Crippen molar-refractivity contribution in [1.29, 1.82) is 0 Å². The summed E-state index contributed by atoms with van der Waals surface area (Å²) in [5.74, 6) is -0.453. The average Bonchev–Trinajstić information content (AvgIpc) is 2.83. The Kier molecular flexibility index (Phi) is 3.10. The van der Waals surface area contributed by atoms with Gasteiger partial charge in [-0.05, 0) is 13.5 Å². The van der Waals surface area contributed by atoms with E-state index >= 15 is 0 Å². The van der Waals surface area contributed by atoms with Gasteiger partial charge in [0.05, 0.1) is 13.2 Å². The molecule has 1 aliphatic rings. The van der Waals surface area contributed by atoms with Crippen molar-refractivity contribution in [2.75, 3.05) is 19.8 Å². The first kappa shape index (κ1) is 9.06. The number of rotatable bonds is 5. The third-order valence-corrected chi connectivity index (χ3v) is 1.35. The van der Waals surface area contributed by atoms with E-state index in [4.69, 9.17) is 9.47 Å². The first-order chi connectivity index (χ1) is 5.74. The van der Waals surface area contributed by atoms with Crippen LogP contribution >= 0.6 is 0 Å². The molecule has 0 spiro atoms. The summed E-state index contributed by atoms with van der Waals surface area (Å²) >= 11 is 0. The Morgan fingerprint density at radius 2 is 2.33 bits per heavy atom. The minimum Gasteiger partial charge on any atom is -0.484 e. The topological polar surface area (TPSA) is 48.1 Å². The van der Waals surface area contributed by atoms with Gasteiger partial charge in [0.15, 0.2) is 5.76 Å². The second-order valence-corrected chi connectivity index (χ2v) is 2.41. The van der Waals surface area contributed by atoms with Gasteiger partial charge < -0.3 is 14.2 Å². The van der Waals surface area contributed by atoms with Crippen LogP contribution in [-0.4, -0.2) is 31.9 Å². The van der Waals surface area contributed by atoms with Crippen molar-refractivity contribution in [3.8, 4) is 0 Å². The average molecular weight is 172 g/mol. The van der Waals surface area contributed by atoms with Gasteiger partial charge in [-0.3, -0.25) is 0 Å². The van der Waals surface area contributed by atoms with E-state index in [0.717, 1.165) is 0 Å². The number of ether oxygens (including phenoxy) is 3. The summed E-state index contributed by atoms with van der Waals surface area (Å²) in [5, 5.41) is 0. The van der Waals surface area contributed by atoms with Crippen LogP contribution < -0.4 is 0 Å². The van der Waals surface area contributed by atoms with Crippen LogP contribution in [0, 0.1) is 0 Å². The summed E-state index contributed by atoms with van der Waals surface area (Å²) in [6, 6.07) is 0. The second kappa shape index (κ2) is 4.11. The van der Waals surface area contributed by atoms with Crippen molar-refractivity contribution < 1.29 is 19.0 Å². The minimum absolute atomic E-state index is 0.0485. The maximum atomic E-state index is 10.9. The molecule has 0 N–H and O–H groups in total. The predicted octanol–water partition coefficient (Wildman–Crippen LogP) is 0.479. The van der Waals surface area contributed by atoms with E-state index in [1.807, 2.05) is 0 Å². The largest absolute Gasteiger partial charge is 0.484 e. The maximum Gasteiger partial charge on any atom is 0.372 e. The molecule has 0 saturated carbocycles. The van der Waals surface area contributed by atoms with Crippen molar-refractivity contribution >= 4 is 5.97 Å². The SMILES string of the molecule is C=C(OCC1CO1)C(=O)OCC. The van der Waals surface area contributed by atoms with Crippen LogP contribution in [0.2, 0.25) is 0 Å². The molecule has 0 radical (unpaired) electrons. The van der Waals surface area contributed by atoms with Gasteiger partial charge in [-0.25, -0.2) is 4.79 Å². The molecule has 1 aliphatic heterocycles. The van der Waals surface area contributed by atoms with Crippen LogP contribution in [0.25, 0.3) is 0 Å². The highest BCUT2D eigenvalue weighted by atomic mass is 16.6. The van der Waals surface area contributed by atoms with E-state index in [1.54, 1.807) is 6.92 Å². The highest BCUT2D eigenvalue weighted by Gasteiger charge is 2.24. The molecule has 1 saturated heterocycles. The highest BCUT2D eigenvalue weighted by molar-refractivity contribution is 5.85. The Hall–Kier alpha value is -1.03. The number of hydrogen-bond donors (Lipinski definition) is 0. The van der Waals surface area contributed by atoms with Crippen LogP contribution in [0.1, 0.15) is 6.92 Å². The zero-order valence-electron chi connectivity index (χ0n) is 7.04. The summed E-state index contributed by atoms with van der Waals surface area (Å²) in [4.78, 5) is 10.9. The summed E-state index contributed by atoms with van der Waals surface area (Å²) in [6.07, 6.45) is 0.135. The van der Waals surface area contributed by atoms with Gasteiger partial charge in [-0.1, -0.05) is 0 Å². The highest BCUT2D eigenvalue weighted by Crippen LogP contribution is 2.10. The lowest BCUT2D eigenvalue weighted by molar-refractivity contribution is -0.142. The van der Waals surface area contributed by atoms with Crippen molar-refractivity contribution in [2.45, 2.75) is 13.0 Å². The van der Waals surface area contributed by atoms with Crippen molar-refractivity contribution in [2.24, 2.45) is 0 Å². The third kappa shape index (κ3) is 2.92. The van der Waals surface area contributed by atoms with Gasteiger partial charge in [0, 0.05) is 0 Å². The first-order valence-electron chi connectivity index (χ1n) is 3.84. The zero-order valence-corrected chi connectivity index (χ0v) is 7.04. The molecule has 0 aromatic heterocycles. The molecule has 1 fully saturated rings. The van der Waals surface area contributed by atoms with E-state index in [2.05, 4.69) is 11.3 Å². The van der Waals surface area contributed by atoms with E-state index in [0.29, 0.717) is 19.8 Å². The maximum absolute atomic E-state index is 10.9. The first-order valence-corrected chi connectivity index (χ1v) is 3.84. The summed E-state index contributed by atoms with van der Waals surface area (Å²) < 4.78 is 14.5. The molecule has 4 heteroatoms. The smallest absolute Gasteiger partial charge is 0.372 e. The lowest BCUT2D eigenvalue weighted by Gasteiger charge is -2.05.